The van der Waals surface area contributed by atoms with E-state index in [-0.39, 0.29) is 31.1 Å². The molecule has 0 aromatic heterocycles. The van der Waals surface area contributed by atoms with E-state index in [2.05, 4.69) is 142 Å². The van der Waals surface area contributed by atoms with Crippen molar-refractivity contribution in [3.05, 3.63) is 122 Å². The van der Waals surface area contributed by atoms with Gasteiger partial charge in [0.1, 0.15) is 13.2 Å². The lowest BCUT2D eigenvalue weighted by atomic mass is 10.0. The minimum Gasteiger partial charge on any atom is -0.462 e. The van der Waals surface area contributed by atoms with Crippen LogP contribution in [0.2, 0.25) is 0 Å². The second-order valence-electron chi connectivity index (χ2n) is 20.9. The van der Waals surface area contributed by atoms with Gasteiger partial charge in [0.25, 0.3) is 0 Å². The summed E-state index contributed by atoms with van der Waals surface area (Å²) in [5.74, 6) is -0.913. The van der Waals surface area contributed by atoms with E-state index in [1.54, 1.807) is 0 Å². The molecule has 438 valence electrons. The van der Waals surface area contributed by atoms with Gasteiger partial charge in [-0.1, -0.05) is 284 Å². The zero-order valence-electron chi connectivity index (χ0n) is 50.2. The molecule has 0 aromatic rings. The molecule has 1 atom stereocenters. The summed E-state index contributed by atoms with van der Waals surface area (Å²) >= 11 is 0. The third-order valence-electron chi connectivity index (χ3n) is 13.5. The van der Waals surface area contributed by atoms with Gasteiger partial charge in [0, 0.05) is 19.3 Å². The first-order chi connectivity index (χ1) is 38.0. The lowest BCUT2D eigenvalue weighted by Gasteiger charge is -2.18. The first kappa shape index (κ1) is 72.8. The van der Waals surface area contributed by atoms with Gasteiger partial charge in [-0.15, -0.1) is 0 Å². The van der Waals surface area contributed by atoms with Crippen molar-refractivity contribution in [1.29, 1.82) is 0 Å². The van der Waals surface area contributed by atoms with Crippen molar-refractivity contribution >= 4 is 17.9 Å². The van der Waals surface area contributed by atoms with E-state index >= 15 is 0 Å². The molecule has 0 amide bonds. The Morgan fingerprint density at radius 1 is 0.273 bits per heavy atom. The van der Waals surface area contributed by atoms with Gasteiger partial charge in [-0.2, -0.15) is 0 Å². The van der Waals surface area contributed by atoms with Crippen LogP contribution in [-0.2, 0) is 28.6 Å². The molecular weight excluding hydrogens is 949 g/mol. The molecule has 0 aromatic carbocycles. The van der Waals surface area contributed by atoms with Crippen LogP contribution < -0.4 is 0 Å². The summed E-state index contributed by atoms with van der Waals surface area (Å²) in [4.78, 5) is 38.4. The van der Waals surface area contributed by atoms with E-state index in [4.69, 9.17) is 14.2 Å². The van der Waals surface area contributed by atoms with Crippen molar-refractivity contribution in [3.63, 3.8) is 0 Å². The normalized spacial score (nSPS) is 12.9. The Bertz CT molecular complexity index is 1600. The number of carbonyl (C=O) groups is 3. The SMILES string of the molecule is CC/C=C\C/C=C\C/C=C\C/C=C\C/C=C\CCCCCCCCCC(=O)OCC(COC(=O)CCCCCCCCCCCCCCCCC)OC(=O)CCCCCCC/C=C\C/C=C\C/C=C\C/C=C\C/C=C\CC. The molecule has 6 heteroatoms. The number of unbranched alkanes of at least 4 members (excludes halogenated alkanes) is 26. The second kappa shape index (κ2) is 64.3. The maximum Gasteiger partial charge on any atom is 0.306 e. The van der Waals surface area contributed by atoms with E-state index in [1.165, 1.54) is 103 Å². The highest BCUT2D eigenvalue weighted by Crippen LogP contribution is 2.16. The summed E-state index contributed by atoms with van der Waals surface area (Å²) in [5, 5.41) is 0. The molecule has 0 rings (SSSR count). The fourth-order valence-electron chi connectivity index (χ4n) is 8.73. The third kappa shape index (κ3) is 62.5. The Morgan fingerprint density at radius 2 is 0.506 bits per heavy atom. The topological polar surface area (TPSA) is 78.9 Å². The third-order valence-corrected chi connectivity index (χ3v) is 13.5. The molecule has 0 heterocycles. The molecular formula is C71H118O6. The number of hydrogen-bond donors (Lipinski definition) is 0. The fourth-order valence-corrected chi connectivity index (χ4v) is 8.73. The predicted molar refractivity (Wildman–Crippen MR) is 334 cm³/mol. The van der Waals surface area contributed by atoms with Gasteiger partial charge in [-0.25, -0.2) is 0 Å². The molecule has 0 aliphatic rings. The fraction of sp³-hybridized carbons (Fsp3) is 0.676. The number of allylic oxidation sites excluding steroid dienone is 20. The van der Waals surface area contributed by atoms with Gasteiger partial charge >= 0.3 is 17.9 Å². The number of esters is 3. The Kier molecular flexibility index (Phi) is 60.8. The summed E-state index contributed by atoms with van der Waals surface area (Å²) < 4.78 is 16.9. The summed E-state index contributed by atoms with van der Waals surface area (Å²) in [6.45, 7) is 6.41. The average Bonchev–Trinajstić information content (AvgIpc) is 3.43. The summed E-state index contributed by atoms with van der Waals surface area (Å²) in [7, 11) is 0. The van der Waals surface area contributed by atoms with Gasteiger partial charge < -0.3 is 14.2 Å². The van der Waals surface area contributed by atoms with E-state index in [9.17, 15) is 14.4 Å². The lowest BCUT2D eigenvalue weighted by molar-refractivity contribution is -0.167. The highest BCUT2D eigenvalue weighted by Gasteiger charge is 2.19. The zero-order chi connectivity index (χ0) is 55.7. The highest BCUT2D eigenvalue weighted by molar-refractivity contribution is 5.71. The Balaban J connectivity index is 4.44. The number of carbonyl (C=O) groups excluding carboxylic acids is 3. The second-order valence-corrected chi connectivity index (χ2v) is 20.9. The summed E-state index contributed by atoms with van der Waals surface area (Å²) in [5.41, 5.74) is 0. The minimum absolute atomic E-state index is 0.0898. The van der Waals surface area contributed by atoms with Crippen LogP contribution in [0.15, 0.2) is 122 Å². The van der Waals surface area contributed by atoms with Crippen LogP contribution in [-0.4, -0.2) is 37.2 Å². The zero-order valence-corrected chi connectivity index (χ0v) is 50.2. The van der Waals surface area contributed by atoms with Crippen molar-refractivity contribution < 1.29 is 28.6 Å². The first-order valence-corrected chi connectivity index (χ1v) is 32.0. The predicted octanol–water partition coefficient (Wildman–Crippen LogP) is 22.0. The largest absolute Gasteiger partial charge is 0.462 e. The monoisotopic (exact) mass is 1070 g/mol. The van der Waals surface area contributed by atoms with E-state index in [1.807, 2.05) is 0 Å². The number of ether oxygens (including phenoxy) is 3. The lowest BCUT2D eigenvalue weighted by Crippen LogP contribution is -2.30. The standard InChI is InChI=1S/C71H118O6/c1-4-7-10-13-16-19-22-25-28-30-32-34-35-37-38-40-43-46-49-52-55-58-61-64-70(73)76-67-68(66-75-69(72)63-60-57-54-51-48-45-42-27-24-21-18-15-12-9-6-3)77-71(74)65-62-59-56-53-50-47-44-41-39-36-33-31-29-26-23-20-17-14-11-8-5-2/h7-8,10-11,16-17,19-20,25-26,28-29,32-34,36-38,41,44,68H,4-6,9,12-15,18,21-24,27,30-31,35,39-40,42-43,45-67H2,1-3H3/b10-7-,11-8-,19-16-,20-17-,28-25-,29-26-,34-32-,36-33-,38-37-,44-41-. The first-order valence-electron chi connectivity index (χ1n) is 32.0. The smallest absolute Gasteiger partial charge is 0.306 e. The van der Waals surface area contributed by atoms with Crippen LogP contribution in [0.5, 0.6) is 0 Å². The van der Waals surface area contributed by atoms with Crippen LogP contribution in [0.25, 0.3) is 0 Å². The minimum atomic E-state index is -0.797. The van der Waals surface area contributed by atoms with Crippen molar-refractivity contribution in [2.24, 2.45) is 0 Å². The molecule has 0 spiro atoms. The maximum atomic E-state index is 12.9. The molecule has 0 radical (unpaired) electrons. The van der Waals surface area contributed by atoms with Gasteiger partial charge in [0.15, 0.2) is 6.10 Å². The molecule has 0 saturated heterocycles. The van der Waals surface area contributed by atoms with E-state index in [0.29, 0.717) is 19.3 Å². The summed E-state index contributed by atoms with van der Waals surface area (Å²) in [6.07, 6.45) is 89.1. The molecule has 0 saturated carbocycles. The molecule has 0 aliphatic heterocycles. The molecule has 77 heavy (non-hydrogen) atoms. The Morgan fingerprint density at radius 3 is 0.792 bits per heavy atom. The van der Waals surface area contributed by atoms with Crippen molar-refractivity contribution in [3.8, 4) is 0 Å². The Labute approximate surface area is 475 Å². The van der Waals surface area contributed by atoms with Gasteiger partial charge in [-0.3, -0.25) is 14.4 Å². The summed E-state index contributed by atoms with van der Waals surface area (Å²) in [6, 6.07) is 0. The average molecular weight is 1070 g/mol. The van der Waals surface area contributed by atoms with Crippen LogP contribution in [0, 0.1) is 0 Å². The van der Waals surface area contributed by atoms with E-state index < -0.39 is 6.10 Å². The number of rotatable bonds is 57. The van der Waals surface area contributed by atoms with Crippen LogP contribution >= 0.6 is 0 Å². The molecule has 0 bridgehead atoms. The number of hydrogen-bond acceptors (Lipinski definition) is 6. The van der Waals surface area contributed by atoms with Crippen LogP contribution in [0.3, 0.4) is 0 Å². The quantitative estimate of drug-likeness (QED) is 0.0261. The van der Waals surface area contributed by atoms with Crippen LogP contribution in [0.1, 0.15) is 290 Å². The van der Waals surface area contributed by atoms with Crippen LogP contribution in [0.4, 0.5) is 0 Å². The molecule has 1 unspecified atom stereocenters. The molecule has 0 fully saturated rings. The van der Waals surface area contributed by atoms with Crippen molar-refractivity contribution in [1.82, 2.24) is 0 Å². The molecule has 6 nitrogen and oxygen atoms in total. The molecule has 0 N–H and O–H groups in total. The maximum absolute atomic E-state index is 12.9. The Hall–Kier alpha value is -4.19. The van der Waals surface area contributed by atoms with Gasteiger partial charge in [-0.05, 0) is 109 Å². The highest BCUT2D eigenvalue weighted by atomic mass is 16.6. The van der Waals surface area contributed by atoms with Gasteiger partial charge in [0.05, 0.1) is 0 Å². The molecule has 0 aliphatic carbocycles. The van der Waals surface area contributed by atoms with E-state index in [0.717, 1.165) is 148 Å². The van der Waals surface area contributed by atoms with Crippen molar-refractivity contribution in [2.75, 3.05) is 13.2 Å². The van der Waals surface area contributed by atoms with Crippen molar-refractivity contribution in [2.45, 2.75) is 297 Å². The van der Waals surface area contributed by atoms with Gasteiger partial charge in [0.2, 0.25) is 0 Å².